The summed E-state index contributed by atoms with van der Waals surface area (Å²) in [6.45, 7) is 8.10. The van der Waals surface area contributed by atoms with Crippen molar-refractivity contribution in [1.82, 2.24) is 4.98 Å². The molecular formula is C23H37NO2. The molecule has 0 saturated heterocycles. The van der Waals surface area contributed by atoms with E-state index in [-0.39, 0.29) is 5.97 Å². The fourth-order valence-electron chi connectivity index (χ4n) is 3.21. The van der Waals surface area contributed by atoms with E-state index in [9.17, 15) is 4.79 Å². The van der Waals surface area contributed by atoms with Crippen LogP contribution in [0.15, 0.2) is 36.5 Å². The molecule has 0 aliphatic heterocycles. The monoisotopic (exact) mass is 359 g/mol. The van der Waals surface area contributed by atoms with Gasteiger partial charge >= 0.3 is 5.97 Å². The standard InChI is InChI=1S/C23H37NO2/c1-4-5-6-7-8-9-13-21(17-19-26-23(25)20(2)3)14-12-16-22-15-10-11-18-24-22/h10-11,15,18,21H,2,4-9,12-14,16-17,19H2,1,3H3. The Labute approximate surface area is 160 Å². The van der Waals surface area contributed by atoms with Crippen LogP contribution in [0.25, 0.3) is 0 Å². The normalized spacial score (nSPS) is 11.9. The summed E-state index contributed by atoms with van der Waals surface area (Å²) in [4.78, 5) is 16.0. The first-order chi connectivity index (χ1) is 12.6. The van der Waals surface area contributed by atoms with Crippen molar-refractivity contribution in [2.45, 2.75) is 84.5 Å². The number of nitrogens with zero attached hydrogens (tertiary/aromatic N) is 1. The molecular weight excluding hydrogens is 322 g/mol. The van der Waals surface area contributed by atoms with E-state index < -0.39 is 0 Å². The minimum Gasteiger partial charge on any atom is -0.462 e. The van der Waals surface area contributed by atoms with Gasteiger partial charge in [-0.2, -0.15) is 0 Å². The van der Waals surface area contributed by atoms with Gasteiger partial charge in [0.05, 0.1) is 6.61 Å². The third-order valence-corrected chi connectivity index (χ3v) is 4.85. The molecule has 1 aromatic rings. The molecule has 1 heterocycles. The molecule has 1 unspecified atom stereocenters. The van der Waals surface area contributed by atoms with Crippen molar-refractivity contribution in [2.75, 3.05) is 6.61 Å². The lowest BCUT2D eigenvalue weighted by Gasteiger charge is -2.17. The third-order valence-electron chi connectivity index (χ3n) is 4.85. The second-order valence-electron chi connectivity index (χ2n) is 7.34. The molecule has 0 aliphatic rings. The van der Waals surface area contributed by atoms with Crippen LogP contribution in [0.5, 0.6) is 0 Å². The van der Waals surface area contributed by atoms with Gasteiger partial charge < -0.3 is 4.74 Å². The number of rotatable bonds is 15. The minimum absolute atomic E-state index is 0.267. The molecule has 146 valence electrons. The molecule has 1 atom stereocenters. The van der Waals surface area contributed by atoms with Gasteiger partial charge in [0.1, 0.15) is 0 Å². The highest BCUT2D eigenvalue weighted by atomic mass is 16.5. The van der Waals surface area contributed by atoms with E-state index in [1.54, 1.807) is 6.92 Å². The molecule has 0 N–H and O–H groups in total. The number of pyridine rings is 1. The lowest BCUT2D eigenvalue weighted by molar-refractivity contribution is -0.139. The van der Waals surface area contributed by atoms with Crippen molar-refractivity contribution < 1.29 is 9.53 Å². The van der Waals surface area contributed by atoms with Crippen LogP contribution in [-0.4, -0.2) is 17.6 Å². The lowest BCUT2D eigenvalue weighted by atomic mass is 9.92. The molecule has 0 saturated carbocycles. The summed E-state index contributed by atoms with van der Waals surface area (Å²) in [6, 6.07) is 6.10. The molecule has 0 bridgehead atoms. The summed E-state index contributed by atoms with van der Waals surface area (Å²) in [5, 5.41) is 0. The predicted molar refractivity (Wildman–Crippen MR) is 109 cm³/mol. The number of aromatic nitrogens is 1. The van der Waals surface area contributed by atoms with Crippen LogP contribution in [0, 0.1) is 5.92 Å². The first-order valence-corrected chi connectivity index (χ1v) is 10.4. The molecule has 0 aliphatic carbocycles. The molecule has 0 radical (unpaired) electrons. The predicted octanol–water partition coefficient (Wildman–Crippen LogP) is 6.28. The molecule has 26 heavy (non-hydrogen) atoms. The van der Waals surface area contributed by atoms with Crippen LogP contribution in [0.1, 0.15) is 83.7 Å². The zero-order valence-electron chi connectivity index (χ0n) is 16.8. The van der Waals surface area contributed by atoms with Crippen LogP contribution in [-0.2, 0) is 16.0 Å². The van der Waals surface area contributed by atoms with Gasteiger partial charge in [0, 0.05) is 17.5 Å². The highest BCUT2D eigenvalue weighted by Crippen LogP contribution is 2.21. The van der Waals surface area contributed by atoms with Crippen molar-refractivity contribution in [3.8, 4) is 0 Å². The number of hydrogen-bond acceptors (Lipinski definition) is 3. The van der Waals surface area contributed by atoms with Crippen LogP contribution in [0.2, 0.25) is 0 Å². The van der Waals surface area contributed by atoms with E-state index >= 15 is 0 Å². The summed E-state index contributed by atoms with van der Waals surface area (Å²) >= 11 is 0. The highest BCUT2D eigenvalue weighted by Gasteiger charge is 2.11. The maximum atomic E-state index is 11.6. The Morgan fingerprint density at radius 3 is 2.50 bits per heavy atom. The molecule has 3 nitrogen and oxygen atoms in total. The van der Waals surface area contributed by atoms with Crippen molar-refractivity contribution in [1.29, 1.82) is 0 Å². The van der Waals surface area contributed by atoms with E-state index in [4.69, 9.17) is 4.74 Å². The Balaban J connectivity index is 2.31. The topological polar surface area (TPSA) is 39.2 Å². The summed E-state index contributed by atoms with van der Waals surface area (Å²) in [7, 11) is 0. The number of carbonyl (C=O) groups excluding carboxylic acids is 1. The van der Waals surface area contributed by atoms with Crippen LogP contribution in [0.4, 0.5) is 0 Å². The summed E-state index contributed by atoms with van der Waals surface area (Å²) < 4.78 is 5.31. The van der Waals surface area contributed by atoms with Gasteiger partial charge in [-0.3, -0.25) is 4.98 Å². The highest BCUT2D eigenvalue weighted by molar-refractivity contribution is 5.86. The largest absolute Gasteiger partial charge is 0.462 e. The van der Waals surface area contributed by atoms with Gasteiger partial charge in [-0.15, -0.1) is 0 Å². The van der Waals surface area contributed by atoms with Gasteiger partial charge in [-0.25, -0.2) is 4.79 Å². The maximum Gasteiger partial charge on any atom is 0.333 e. The first-order valence-electron chi connectivity index (χ1n) is 10.4. The molecule has 0 fully saturated rings. The summed E-state index contributed by atoms with van der Waals surface area (Å²) in [5.74, 6) is 0.361. The minimum atomic E-state index is -0.267. The number of carbonyl (C=O) groups is 1. The van der Waals surface area contributed by atoms with Crippen LogP contribution >= 0.6 is 0 Å². The number of unbranched alkanes of at least 4 members (excludes halogenated alkanes) is 5. The van der Waals surface area contributed by atoms with E-state index in [1.165, 1.54) is 57.1 Å². The van der Waals surface area contributed by atoms with Crippen LogP contribution < -0.4 is 0 Å². The van der Waals surface area contributed by atoms with Crippen molar-refractivity contribution >= 4 is 5.97 Å². The average molecular weight is 360 g/mol. The van der Waals surface area contributed by atoms with Crippen molar-refractivity contribution in [2.24, 2.45) is 5.92 Å². The maximum absolute atomic E-state index is 11.6. The second-order valence-corrected chi connectivity index (χ2v) is 7.34. The van der Waals surface area contributed by atoms with Crippen molar-refractivity contribution in [3.05, 3.63) is 42.2 Å². The fraction of sp³-hybridized carbons (Fsp3) is 0.652. The third kappa shape index (κ3) is 11.1. The molecule has 0 amide bonds. The Kier molecular flexibility index (Phi) is 12.5. The Morgan fingerprint density at radius 2 is 1.81 bits per heavy atom. The van der Waals surface area contributed by atoms with Crippen molar-refractivity contribution in [3.63, 3.8) is 0 Å². The molecule has 0 aromatic carbocycles. The van der Waals surface area contributed by atoms with Gasteiger partial charge in [0.25, 0.3) is 0 Å². The SMILES string of the molecule is C=C(C)C(=O)OCCC(CCCCCCCC)CCCc1ccccn1. The summed E-state index contributed by atoms with van der Waals surface area (Å²) in [6.07, 6.45) is 15.4. The Bertz CT molecular complexity index is 498. The quantitative estimate of drug-likeness (QED) is 0.210. The van der Waals surface area contributed by atoms with Gasteiger partial charge in [-0.1, -0.05) is 64.5 Å². The first kappa shape index (κ1) is 22.4. The van der Waals surface area contributed by atoms with Gasteiger partial charge in [0.15, 0.2) is 0 Å². The Morgan fingerprint density at radius 1 is 1.08 bits per heavy atom. The molecule has 1 rings (SSSR count). The lowest BCUT2D eigenvalue weighted by Crippen LogP contribution is -2.11. The number of hydrogen-bond donors (Lipinski definition) is 0. The molecule has 0 spiro atoms. The smallest absolute Gasteiger partial charge is 0.333 e. The van der Waals surface area contributed by atoms with E-state index in [1.807, 2.05) is 18.3 Å². The van der Waals surface area contributed by atoms with E-state index in [0.717, 1.165) is 19.3 Å². The molecule has 3 heteroatoms. The number of ether oxygens (including phenoxy) is 1. The average Bonchev–Trinajstić information content (AvgIpc) is 2.64. The summed E-state index contributed by atoms with van der Waals surface area (Å²) in [5.41, 5.74) is 1.65. The number of aryl methyl sites for hydroxylation is 1. The zero-order valence-corrected chi connectivity index (χ0v) is 16.8. The fourth-order valence-corrected chi connectivity index (χ4v) is 3.21. The Hall–Kier alpha value is -1.64. The zero-order chi connectivity index (χ0) is 19.0. The van der Waals surface area contributed by atoms with E-state index in [0.29, 0.717) is 18.1 Å². The molecule has 1 aromatic heterocycles. The number of esters is 1. The van der Waals surface area contributed by atoms with E-state index in [2.05, 4.69) is 24.6 Å². The van der Waals surface area contributed by atoms with Gasteiger partial charge in [0.2, 0.25) is 0 Å². The van der Waals surface area contributed by atoms with Gasteiger partial charge in [-0.05, 0) is 50.7 Å². The van der Waals surface area contributed by atoms with Crippen LogP contribution in [0.3, 0.4) is 0 Å². The second kappa shape index (κ2) is 14.5.